The fraction of sp³-hybridized carbons (Fsp3) is 0.286. The molecule has 0 spiro atoms. The number of carbonyl (C=O) groups excluding carboxylic acids is 1. The molecule has 3 rings (SSSR count). The van der Waals surface area contributed by atoms with E-state index in [0.717, 1.165) is 12.8 Å². The van der Waals surface area contributed by atoms with Crippen LogP contribution in [0.4, 0.5) is 0 Å². The number of H-pyrrole nitrogens is 1. The Hall–Kier alpha value is -2.30. The largest absolute Gasteiger partial charge is 0.497 e. The molecule has 1 fully saturated rings. The molecule has 1 saturated carbocycles. The molecular weight excluding hydrogens is 244 g/mol. The molecule has 1 aliphatic carbocycles. The Morgan fingerprint density at radius 1 is 1.42 bits per heavy atom. The number of aromatic amines is 1. The number of carbonyl (C=O) groups is 1. The van der Waals surface area contributed by atoms with E-state index in [1.807, 2.05) is 0 Å². The summed E-state index contributed by atoms with van der Waals surface area (Å²) in [6.45, 7) is 0. The van der Waals surface area contributed by atoms with Gasteiger partial charge in [0.15, 0.2) is 0 Å². The quantitative estimate of drug-likeness (QED) is 0.874. The first-order valence-corrected chi connectivity index (χ1v) is 6.19. The highest BCUT2D eigenvalue weighted by Crippen LogP contribution is 2.20. The molecular formula is C14H14N2O3. The average molecular weight is 258 g/mol. The third kappa shape index (κ3) is 2.19. The van der Waals surface area contributed by atoms with Gasteiger partial charge in [-0.25, -0.2) is 0 Å². The molecule has 5 heteroatoms. The minimum Gasteiger partial charge on any atom is -0.497 e. The molecule has 2 N–H and O–H groups in total. The number of ether oxygens (including phenoxy) is 1. The molecule has 1 aliphatic rings. The van der Waals surface area contributed by atoms with Gasteiger partial charge in [0.2, 0.25) is 5.43 Å². The van der Waals surface area contributed by atoms with Crippen molar-refractivity contribution in [1.29, 1.82) is 0 Å². The van der Waals surface area contributed by atoms with Crippen molar-refractivity contribution in [3.8, 4) is 5.75 Å². The van der Waals surface area contributed by atoms with E-state index in [0.29, 0.717) is 16.7 Å². The second-order valence-electron chi connectivity index (χ2n) is 4.69. The topological polar surface area (TPSA) is 71.2 Å². The van der Waals surface area contributed by atoms with Gasteiger partial charge in [0.1, 0.15) is 11.3 Å². The van der Waals surface area contributed by atoms with Crippen molar-refractivity contribution in [3.63, 3.8) is 0 Å². The van der Waals surface area contributed by atoms with Crippen molar-refractivity contribution in [3.05, 3.63) is 40.2 Å². The van der Waals surface area contributed by atoms with Crippen LogP contribution in [0.2, 0.25) is 0 Å². The Labute approximate surface area is 109 Å². The zero-order valence-electron chi connectivity index (χ0n) is 10.5. The summed E-state index contributed by atoms with van der Waals surface area (Å²) in [4.78, 5) is 27.2. The lowest BCUT2D eigenvalue weighted by atomic mass is 10.1. The van der Waals surface area contributed by atoms with Crippen molar-refractivity contribution < 1.29 is 9.53 Å². The summed E-state index contributed by atoms with van der Waals surface area (Å²) in [5.74, 6) is 0.284. The molecule has 0 aliphatic heterocycles. The SMILES string of the molecule is COc1ccc2[nH]cc(C(=O)NC3CC3)c(=O)c2c1. The molecule has 1 aromatic heterocycles. The van der Waals surface area contributed by atoms with Gasteiger partial charge >= 0.3 is 0 Å². The van der Waals surface area contributed by atoms with Crippen molar-refractivity contribution in [2.75, 3.05) is 7.11 Å². The van der Waals surface area contributed by atoms with Gasteiger partial charge in [-0.15, -0.1) is 0 Å². The van der Waals surface area contributed by atoms with Gasteiger partial charge in [-0.05, 0) is 31.0 Å². The highest BCUT2D eigenvalue weighted by Gasteiger charge is 2.25. The number of fused-ring (bicyclic) bond motifs is 1. The fourth-order valence-corrected chi connectivity index (χ4v) is 1.98. The number of benzene rings is 1. The number of pyridine rings is 1. The molecule has 0 radical (unpaired) electrons. The lowest BCUT2D eigenvalue weighted by Crippen LogP contribution is -2.30. The molecule has 1 aromatic carbocycles. The maximum absolute atomic E-state index is 12.3. The number of amides is 1. The van der Waals surface area contributed by atoms with Crippen molar-refractivity contribution in [1.82, 2.24) is 10.3 Å². The Kier molecular flexibility index (Phi) is 2.74. The number of rotatable bonds is 3. The maximum atomic E-state index is 12.3. The van der Waals surface area contributed by atoms with Crippen LogP contribution in [0.25, 0.3) is 10.9 Å². The van der Waals surface area contributed by atoms with E-state index in [2.05, 4.69) is 10.3 Å². The molecule has 0 bridgehead atoms. The van der Waals surface area contributed by atoms with E-state index in [4.69, 9.17) is 4.74 Å². The fourth-order valence-electron chi connectivity index (χ4n) is 1.98. The predicted octanol–water partition coefficient (Wildman–Crippen LogP) is 1.43. The third-order valence-electron chi connectivity index (χ3n) is 3.25. The standard InChI is InChI=1S/C14H14N2O3/c1-19-9-4-5-12-10(6-9)13(17)11(7-15-12)14(18)16-8-2-3-8/h4-8H,2-3H2,1H3,(H,15,17)(H,16,18). The monoisotopic (exact) mass is 258 g/mol. The first kappa shape index (κ1) is 11.8. The summed E-state index contributed by atoms with van der Waals surface area (Å²) < 4.78 is 5.10. The first-order valence-electron chi connectivity index (χ1n) is 6.19. The molecule has 0 unspecified atom stereocenters. The van der Waals surface area contributed by atoms with Crippen LogP contribution >= 0.6 is 0 Å². The molecule has 0 saturated heterocycles. The summed E-state index contributed by atoms with van der Waals surface area (Å²) in [7, 11) is 1.54. The van der Waals surface area contributed by atoms with Gasteiger partial charge in [-0.2, -0.15) is 0 Å². The number of hydrogen-bond acceptors (Lipinski definition) is 3. The smallest absolute Gasteiger partial charge is 0.256 e. The Bertz CT molecular complexity index is 701. The van der Waals surface area contributed by atoms with Crippen molar-refractivity contribution >= 4 is 16.8 Å². The van der Waals surface area contributed by atoms with Gasteiger partial charge in [0.25, 0.3) is 5.91 Å². The van der Waals surface area contributed by atoms with Crippen LogP contribution in [-0.2, 0) is 0 Å². The highest BCUT2D eigenvalue weighted by molar-refractivity contribution is 5.97. The number of aromatic nitrogens is 1. The van der Waals surface area contributed by atoms with E-state index in [-0.39, 0.29) is 22.9 Å². The highest BCUT2D eigenvalue weighted by atomic mass is 16.5. The van der Waals surface area contributed by atoms with Crippen LogP contribution < -0.4 is 15.5 Å². The van der Waals surface area contributed by atoms with Crippen LogP contribution in [0.3, 0.4) is 0 Å². The van der Waals surface area contributed by atoms with Crippen LogP contribution in [0.1, 0.15) is 23.2 Å². The lowest BCUT2D eigenvalue weighted by molar-refractivity contribution is 0.0950. The van der Waals surface area contributed by atoms with Gasteiger partial charge in [0, 0.05) is 23.1 Å². The molecule has 5 nitrogen and oxygen atoms in total. The molecule has 2 aromatic rings. The number of nitrogens with one attached hydrogen (secondary N) is 2. The van der Waals surface area contributed by atoms with E-state index in [1.54, 1.807) is 25.3 Å². The molecule has 0 atom stereocenters. The normalized spacial score (nSPS) is 14.4. The zero-order valence-corrected chi connectivity index (χ0v) is 10.5. The third-order valence-corrected chi connectivity index (χ3v) is 3.25. The summed E-state index contributed by atoms with van der Waals surface area (Å²) in [6, 6.07) is 5.40. The Morgan fingerprint density at radius 3 is 2.89 bits per heavy atom. The van der Waals surface area contributed by atoms with Gasteiger partial charge in [-0.3, -0.25) is 9.59 Å². The minimum absolute atomic E-state index is 0.146. The maximum Gasteiger partial charge on any atom is 0.256 e. The van der Waals surface area contributed by atoms with Crippen LogP contribution in [0.15, 0.2) is 29.2 Å². The average Bonchev–Trinajstić information content (AvgIpc) is 3.22. The van der Waals surface area contributed by atoms with Crippen molar-refractivity contribution in [2.24, 2.45) is 0 Å². The van der Waals surface area contributed by atoms with E-state index < -0.39 is 0 Å². The van der Waals surface area contributed by atoms with E-state index in [9.17, 15) is 9.59 Å². The molecule has 19 heavy (non-hydrogen) atoms. The zero-order chi connectivity index (χ0) is 13.4. The summed E-state index contributed by atoms with van der Waals surface area (Å²) in [5.41, 5.74) is 0.562. The van der Waals surface area contributed by atoms with Crippen molar-refractivity contribution in [2.45, 2.75) is 18.9 Å². The second-order valence-corrected chi connectivity index (χ2v) is 4.69. The minimum atomic E-state index is -0.312. The van der Waals surface area contributed by atoms with Crippen LogP contribution in [0, 0.1) is 0 Å². The van der Waals surface area contributed by atoms with Gasteiger partial charge < -0.3 is 15.0 Å². The first-order chi connectivity index (χ1) is 9.19. The van der Waals surface area contributed by atoms with Gasteiger partial charge in [-0.1, -0.05) is 0 Å². The van der Waals surface area contributed by atoms with E-state index in [1.165, 1.54) is 6.20 Å². The number of methoxy groups -OCH3 is 1. The Balaban J connectivity index is 2.07. The second kappa shape index (κ2) is 4.42. The predicted molar refractivity (Wildman–Crippen MR) is 71.6 cm³/mol. The molecule has 98 valence electrons. The molecule has 1 heterocycles. The van der Waals surface area contributed by atoms with Gasteiger partial charge in [0.05, 0.1) is 7.11 Å². The number of hydrogen-bond donors (Lipinski definition) is 2. The summed E-state index contributed by atoms with van der Waals surface area (Å²) >= 11 is 0. The Morgan fingerprint density at radius 2 is 2.21 bits per heavy atom. The van der Waals surface area contributed by atoms with Crippen LogP contribution in [-0.4, -0.2) is 24.0 Å². The summed E-state index contributed by atoms with van der Waals surface area (Å²) in [6.07, 6.45) is 3.45. The lowest BCUT2D eigenvalue weighted by Gasteiger charge is -2.05. The summed E-state index contributed by atoms with van der Waals surface area (Å²) in [5, 5.41) is 3.28. The molecule has 1 amide bonds. The van der Waals surface area contributed by atoms with E-state index >= 15 is 0 Å². The van der Waals surface area contributed by atoms with Crippen LogP contribution in [0.5, 0.6) is 5.75 Å².